The van der Waals surface area contributed by atoms with Crippen LogP contribution in [0.15, 0.2) is 6.20 Å². The SMILES string of the molecule is CC(C)c1cnc(C2(C)CC2)s1. The number of thiazole rings is 1. The molecule has 0 aliphatic heterocycles. The zero-order chi connectivity index (χ0) is 8.77. The normalized spacial score (nSPS) is 20.0. The lowest BCUT2D eigenvalue weighted by molar-refractivity contribution is 0.776. The van der Waals surface area contributed by atoms with Crippen LogP contribution in [0.5, 0.6) is 0 Å². The monoisotopic (exact) mass is 181 g/mol. The molecule has 0 saturated heterocycles. The molecule has 2 rings (SSSR count). The van der Waals surface area contributed by atoms with Crippen molar-refractivity contribution in [2.75, 3.05) is 0 Å². The molecule has 0 N–H and O–H groups in total. The van der Waals surface area contributed by atoms with Crippen LogP contribution in [0.1, 0.15) is 49.4 Å². The lowest BCUT2D eigenvalue weighted by Crippen LogP contribution is -1.96. The highest BCUT2D eigenvalue weighted by Crippen LogP contribution is 2.49. The second kappa shape index (κ2) is 2.56. The molecule has 0 aromatic carbocycles. The van der Waals surface area contributed by atoms with Gasteiger partial charge in [0.1, 0.15) is 0 Å². The van der Waals surface area contributed by atoms with E-state index in [1.807, 2.05) is 17.5 Å². The average molecular weight is 181 g/mol. The minimum Gasteiger partial charge on any atom is -0.249 e. The minimum atomic E-state index is 0.456. The first-order valence-corrected chi connectivity index (χ1v) is 5.40. The molecule has 1 aliphatic carbocycles. The molecule has 0 spiro atoms. The van der Waals surface area contributed by atoms with Crippen LogP contribution in [0.2, 0.25) is 0 Å². The summed E-state index contributed by atoms with van der Waals surface area (Å²) in [6.07, 6.45) is 4.71. The molecule has 0 bridgehead atoms. The third-order valence-corrected chi connectivity index (χ3v) is 4.21. The molecular weight excluding hydrogens is 166 g/mol. The highest BCUT2D eigenvalue weighted by Gasteiger charge is 2.41. The standard InChI is InChI=1S/C10H15NS/c1-7(2)8-6-11-9(12-8)10(3)4-5-10/h6-7H,4-5H2,1-3H3. The molecule has 12 heavy (non-hydrogen) atoms. The zero-order valence-corrected chi connectivity index (χ0v) is 8.74. The number of nitrogens with zero attached hydrogens (tertiary/aromatic N) is 1. The zero-order valence-electron chi connectivity index (χ0n) is 7.92. The quantitative estimate of drug-likeness (QED) is 0.682. The van der Waals surface area contributed by atoms with Gasteiger partial charge in [-0.05, 0) is 18.8 Å². The fraction of sp³-hybridized carbons (Fsp3) is 0.700. The lowest BCUT2D eigenvalue weighted by atomic mass is 10.2. The molecule has 1 saturated carbocycles. The Kier molecular flexibility index (Phi) is 1.76. The van der Waals surface area contributed by atoms with Crippen LogP contribution in [0.25, 0.3) is 0 Å². The second-order valence-corrected chi connectivity index (χ2v) is 5.35. The van der Waals surface area contributed by atoms with E-state index in [2.05, 4.69) is 25.8 Å². The van der Waals surface area contributed by atoms with Gasteiger partial charge in [0.2, 0.25) is 0 Å². The molecule has 2 heteroatoms. The molecule has 1 aliphatic rings. The fourth-order valence-electron chi connectivity index (χ4n) is 1.23. The first-order valence-electron chi connectivity index (χ1n) is 4.58. The van der Waals surface area contributed by atoms with E-state index in [9.17, 15) is 0 Å². The molecule has 1 heterocycles. The van der Waals surface area contributed by atoms with Crippen molar-refractivity contribution in [2.45, 2.75) is 44.9 Å². The van der Waals surface area contributed by atoms with E-state index in [1.54, 1.807) is 0 Å². The van der Waals surface area contributed by atoms with Gasteiger partial charge >= 0.3 is 0 Å². The summed E-state index contributed by atoms with van der Waals surface area (Å²) in [5, 5.41) is 1.35. The molecular formula is C10H15NS. The number of hydrogen-bond donors (Lipinski definition) is 0. The van der Waals surface area contributed by atoms with Gasteiger partial charge in [-0.3, -0.25) is 0 Å². The molecule has 0 atom stereocenters. The Balaban J connectivity index is 2.25. The second-order valence-electron chi connectivity index (χ2n) is 4.28. The van der Waals surface area contributed by atoms with E-state index < -0.39 is 0 Å². The van der Waals surface area contributed by atoms with Gasteiger partial charge in [-0.15, -0.1) is 11.3 Å². The summed E-state index contributed by atoms with van der Waals surface area (Å²) >= 11 is 1.90. The lowest BCUT2D eigenvalue weighted by Gasteiger charge is -2.01. The van der Waals surface area contributed by atoms with Crippen LogP contribution >= 0.6 is 11.3 Å². The molecule has 0 radical (unpaired) electrons. The maximum absolute atomic E-state index is 4.49. The Bertz CT molecular complexity index is 284. The topological polar surface area (TPSA) is 12.9 Å². The molecule has 1 nitrogen and oxygen atoms in total. The van der Waals surface area contributed by atoms with Crippen LogP contribution in [0, 0.1) is 0 Å². The van der Waals surface area contributed by atoms with E-state index in [4.69, 9.17) is 0 Å². The van der Waals surface area contributed by atoms with Gasteiger partial charge in [-0.25, -0.2) is 4.98 Å². The van der Waals surface area contributed by atoms with Crippen LogP contribution < -0.4 is 0 Å². The summed E-state index contributed by atoms with van der Waals surface area (Å²) in [7, 11) is 0. The highest BCUT2D eigenvalue weighted by atomic mass is 32.1. The third-order valence-electron chi connectivity index (χ3n) is 2.61. The largest absolute Gasteiger partial charge is 0.249 e. The Morgan fingerprint density at radius 3 is 2.58 bits per heavy atom. The Morgan fingerprint density at radius 1 is 1.50 bits per heavy atom. The molecule has 1 fully saturated rings. The first-order chi connectivity index (χ1) is 5.62. The van der Waals surface area contributed by atoms with Gasteiger partial charge in [0.15, 0.2) is 0 Å². The number of aromatic nitrogens is 1. The van der Waals surface area contributed by atoms with Crippen molar-refractivity contribution in [3.05, 3.63) is 16.1 Å². The van der Waals surface area contributed by atoms with Crippen molar-refractivity contribution in [1.29, 1.82) is 0 Å². The Morgan fingerprint density at radius 2 is 2.17 bits per heavy atom. The smallest absolute Gasteiger partial charge is 0.0986 e. The number of rotatable bonds is 2. The maximum atomic E-state index is 4.49. The van der Waals surface area contributed by atoms with E-state index in [-0.39, 0.29) is 0 Å². The molecule has 1 aromatic heterocycles. The summed E-state index contributed by atoms with van der Waals surface area (Å²) in [6.45, 7) is 6.77. The predicted octanol–water partition coefficient (Wildman–Crippen LogP) is 3.32. The summed E-state index contributed by atoms with van der Waals surface area (Å²) < 4.78 is 0. The van der Waals surface area contributed by atoms with Gasteiger partial charge in [0.25, 0.3) is 0 Å². The summed E-state index contributed by atoms with van der Waals surface area (Å²) in [5.41, 5.74) is 0.456. The minimum absolute atomic E-state index is 0.456. The van der Waals surface area contributed by atoms with Gasteiger partial charge in [0, 0.05) is 16.5 Å². The van der Waals surface area contributed by atoms with Crippen molar-refractivity contribution in [3.63, 3.8) is 0 Å². The average Bonchev–Trinajstić information content (AvgIpc) is 2.61. The van der Waals surface area contributed by atoms with E-state index in [0.29, 0.717) is 11.3 Å². The first kappa shape index (κ1) is 8.24. The predicted molar refractivity (Wildman–Crippen MR) is 52.8 cm³/mol. The van der Waals surface area contributed by atoms with E-state index in [1.165, 1.54) is 22.7 Å². The van der Waals surface area contributed by atoms with Gasteiger partial charge < -0.3 is 0 Å². The van der Waals surface area contributed by atoms with Crippen molar-refractivity contribution >= 4 is 11.3 Å². The van der Waals surface area contributed by atoms with Crippen LogP contribution in [-0.2, 0) is 5.41 Å². The van der Waals surface area contributed by atoms with Gasteiger partial charge in [0.05, 0.1) is 5.01 Å². The summed E-state index contributed by atoms with van der Waals surface area (Å²) in [4.78, 5) is 5.92. The Labute approximate surface area is 77.8 Å². The summed E-state index contributed by atoms with van der Waals surface area (Å²) in [5.74, 6) is 0.638. The molecule has 1 aromatic rings. The van der Waals surface area contributed by atoms with Crippen LogP contribution in [-0.4, -0.2) is 4.98 Å². The molecule has 0 unspecified atom stereocenters. The third kappa shape index (κ3) is 1.28. The highest BCUT2D eigenvalue weighted by molar-refractivity contribution is 7.11. The van der Waals surface area contributed by atoms with Crippen LogP contribution in [0.3, 0.4) is 0 Å². The van der Waals surface area contributed by atoms with Gasteiger partial charge in [-0.2, -0.15) is 0 Å². The Hall–Kier alpha value is -0.370. The fourth-order valence-corrected chi connectivity index (χ4v) is 2.35. The molecule has 66 valence electrons. The van der Waals surface area contributed by atoms with Crippen LogP contribution in [0.4, 0.5) is 0 Å². The van der Waals surface area contributed by atoms with E-state index >= 15 is 0 Å². The van der Waals surface area contributed by atoms with Crippen molar-refractivity contribution in [1.82, 2.24) is 4.98 Å². The maximum Gasteiger partial charge on any atom is 0.0986 e. The molecule has 0 amide bonds. The van der Waals surface area contributed by atoms with Crippen molar-refractivity contribution in [2.24, 2.45) is 0 Å². The summed E-state index contributed by atoms with van der Waals surface area (Å²) in [6, 6.07) is 0. The van der Waals surface area contributed by atoms with Crippen molar-refractivity contribution in [3.8, 4) is 0 Å². The van der Waals surface area contributed by atoms with Crippen molar-refractivity contribution < 1.29 is 0 Å². The number of hydrogen-bond acceptors (Lipinski definition) is 2. The van der Waals surface area contributed by atoms with Gasteiger partial charge in [-0.1, -0.05) is 20.8 Å². The van der Waals surface area contributed by atoms with E-state index in [0.717, 1.165) is 0 Å².